The van der Waals surface area contributed by atoms with Gasteiger partial charge in [-0.1, -0.05) is 0 Å². The largest absolute Gasteiger partial charge is 0.527 e. The quantitative estimate of drug-likeness (QED) is 0.494. The van der Waals surface area contributed by atoms with E-state index in [1.54, 1.807) is 4.74 Å². The second kappa shape index (κ2) is 6.38. The molecule has 0 aliphatic heterocycles. The number of alkyl halides is 12. The zero-order chi connectivity index (χ0) is 19.8. The summed E-state index contributed by atoms with van der Waals surface area (Å²) in [5.74, 6) is -6.52. The first-order valence-electron chi connectivity index (χ1n) is 4.95. The molecule has 24 heavy (non-hydrogen) atoms. The van der Waals surface area contributed by atoms with E-state index in [-0.39, 0.29) is 0 Å². The van der Waals surface area contributed by atoms with Crippen molar-refractivity contribution in [1.82, 2.24) is 0 Å². The fourth-order valence-electron chi connectivity index (χ4n) is 0.831. The summed E-state index contributed by atoms with van der Waals surface area (Å²) in [7, 11) is 0. The van der Waals surface area contributed by atoms with Gasteiger partial charge in [0.25, 0.3) is 0 Å². The van der Waals surface area contributed by atoms with Crippen molar-refractivity contribution in [3.8, 4) is 0 Å². The summed E-state index contributed by atoms with van der Waals surface area (Å²) < 4.78 is 149. The molecule has 16 heteroatoms. The molecule has 0 bridgehead atoms. The van der Waals surface area contributed by atoms with E-state index in [9.17, 15) is 62.3 Å². The Morgan fingerprint density at radius 3 is 1.33 bits per heavy atom. The summed E-state index contributed by atoms with van der Waals surface area (Å²) in [6.45, 7) is 0. The highest BCUT2D eigenvalue weighted by Gasteiger charge is 2.69. The molecule has 4 nitrogen and oxygen atoms in total. The second-order valence-electron chi connectivity index (χ2n) is 3.72. The Bertz CT molecular complexity index is 490. The fraction of sp³-hybridized carbons (Fsp3) is 0.750. The van der Waals surface area contributed by atoms with Crippen LogP contribution in [0.25, 0.3) is 0 Å². The second-order valence-corrected chi connectivity index (χ2v) is 3.72. The number of hydrogen-bond donors (Lipinski definition) is 0. The van der Waals surface area contributed by atoms with Gasteiger partial charge in [-0.05, 0) is 0 Å². The van der Waals surface area contributed by atoms with Gasteiger partial charge in [-0.15, -0.1) is 13.2 Å². The van der Waals surface area contributed by atoms with Crippen molar-refractivity contribution in [1.29, 1.82) is 0 Å². The topological polar surface area (TPSA) is 52.6 Å². The maximum Gasteiger partial charge on any atom is 0.527 e. The Kier molecular flexibility index (Phi) is 5.96. The fourth-order valence-corrected chi connectivity index (χ4v) is 0.831. The highest BCUT2D eigenvalue weighted by atomic mass is 19.4. The van der Waals surface area contributed by atoms with Gasteiger partial charge in [-0.3, -0.25) is 9.59 Å². The number of Topliss-reactive ketones (excluding diaryl/α,β-unsaturated/α-hetero) is 2. The average Bonchev–Trinajstić information content (AvgIpc) is 2.21. The van der Waals surface area contributed by atoms with Crippen LogP contribution >= 0.6 is 0 Å². The van der Waals surface area contributed by atoms with Crippen molar-refractivity contribution in [3.63, 3.8) is 0 Å². The molecule has 0 amide bonds. The summed E-state index contributed by atoms with van der Waals surface area (Å²) in [5.41, 5.74) is 0. The molecule has 0 radical (unpaired) electrons. The third kappa shape index (κ3) is 6.14. The van der Waals surface area contributed by atoms with Gasteiger partial charge in [0.05, 0.1) is 6.42 Å². The minimum Gasteiger partial charge on any atom is -0.289 e. The molecule has 0 rings (SSSR count). The number of ether oxygens (including phenoxy) is 2. The van der Waals surface area contributed by atoms with Crippen LogP contribution in [0.2, 0.25) is 0 Å². The van der Waals surface area contributed by atoms with Crippen molar-refractivity contribution in [2.45, 2.75) is 37.3 Å². The SMILES string of the molecule is O=C(CC(=O)C(F)(F)OC(F)(F)C(F)(F)OC(F)(F)F)C(F)(F)F. The van der Waals surface area contributed by atoms with Crippen LogP contribution in [-0.4, -0.2) is 42.4 Å². The van der Waals surface area contributed by atoms with E-state index in [1.165, 1.54) is 0 Å². The van der Waals surface area contributed by atoms with Gasteiger partial charge in [0.2, 0.25) is 11.6 Å². The lowest BCUT2D eigenvalue weighted by Gasteiger charge is -2.28. The molecular weight excluding hydrogens is 388 g/mol. The average molecular weight is 390 g/mol. The van der Waals surface area contributed by atoms with E-state index in [2.05, 4.69) is 0 Å². The Labute approximate surface area is 122 Å². The number of halogens is 12. The van der Waals surface area contributed by atoms with E-state index >= 15 is 0 Å². The zero-order valence-corrected chi connectivity index (χ0v) is 10.4. The Balaban J connectivity index is 5.25. The maximum atomic E-state index is 12.8. The summed E-state index contributed by atoms with van der Waals surface area (Å²) in [6, 6.07) is 0. The van der Waals surface area contributed by atoms with Crippen molar-refractivity contribution in [3.05, 3.63) is 0 Å². The van der Waals surface area contributed by atoms with Crippen LogP contribution in [0, 0.1) is 0 Å². The molecule has 0 saturated carbocycles. The molecule has 0 aliphatic carbocycles. The lowest BCUT2D eigenvalue weighted by molar-refractivity contribution is -0.523. The molecular formula is C8H2F12O4. The van der Waals surface area contributed by atoms with Gasteiger partial charge >= 0.3 is 30.9 Å². The lowest BCUT2D eigenvalue weighted by atomic mass is 10.2. The van der Waals surface area contributed by atoms with Gasteiger partial charge in [0, 0.05) is 0 Å². The molecule has 142 valence electrons. The number of carbonyl (C=O) groups is 2. The normalized spacial score (nSPS) is 14.7. The van der Waals surface area contributed by atoms with E-state index in [0.717, 1.165) is 0 Å². The van der Waals surface area contributed by atoms with E-state index < -0.39 is 48.9 Å². The standard InChI is InChI=1S/C8H2F12O4/c9-4(10,11)2(21)1-3(22)5(12,13)23-6(14,15)7(16,17)24-8(18,19)20/h1H2. The Morgan fingerprint density at radius 1 is 0.625 bits per heavy atom. The van der Waals surface area contributed by atoms with Crippen molar-refractivity contribution >= 4 is 11.6 Å². The molecule has 0 aromatic rings. The first-order chi connectivity index (χ1) is 10.2. The molecule has 0 aliphatic rings. The number of hydrogen-bond acceptors (Lipinski definition) is 4. The zero-order valence-electron chi connectivity index (χ0n) is 10.4. The van der Waals surface area contributed by atoms with E-state index in [4.69, 9.17) is 0 Å². The smallest absolute Gasteiger partial charge is 0.289 e. The van der Waals surface area contributed by atoms with Crippen LogP contribution in [-0.2, 0) is 19.1 Å². The minimum atomic E-state index is -6.80. The summed E-state index contributed by atoms with van der Waals surface area (Å²) in [6.07, 6.45) is -34.8. The predicted octanol–water partition coefficient (Wildman–Crippen LogP) is 3.41. The third-order valence-electron chi connectivity index (χ3n) is 1.80. The van der Waals surface area contributed by atoms with Gasteiger partial charge in [-0.25, -0.2) is 9.47 Å². The molecule has 0 fully saturated rings. The van der Waals surface area contributed by atoms with Crippen molar-refractivity contribution in [2.24, 2.45) is 0 Å². The van der Waals surface area contributed by atoms with Gasteiger partial charge < -0.3 is 0 Å². The highest BCUT2D eigenvalue weighted by molar-refractivity contribution is 6.03. The van der Waals surface area contributed by atoms with Gasteiger partial charge in [-0.2, -0.15) is 39.5 Å². The van der Waals surface area contributed by atoms with Crippen LogP contribution in [0.4, 0.5) is 52.7 Å². The van der Waals surface area contributed by atoms with Crippen LogP contribution in [0.5, 0.6) is 0 Å². The predicted molar refractivity (Wildman–Crippen MR) is 43.8 cm³/mol. The summed E-state index contributed by atoms with van der Waals surface area (Å²) >= 11 is 0. The highest BCUT2D eigenvalue weighted by Crippen LogP contribution is 2.43. The number of carbonyl (C=O) groups excluding carboxylic acids is 2. The van der Waals surface area contributed by atoms with Crippen LogP contribution in [0.1, 0.15) is 6.42 Å². The third-order valence-corrected chi connectivity index (χ3v) is 1.80. The summed E-state index contributed by atoms with van der Waals surface area (Å²) in [4.78, 5) is 20.8. The molecule has 0 atom stereocenters. The molecule has 0 spiro atoms. The number of ketones is 2. The van der Waals surface area contributed by atoms with E-state index in [0.29, 0.717) is 0 Å². The number of rotatable bonds is 7. The van der Waals surface area contributed by atoms with E-state index in [1.807, 2.05) is 4.74 Å². The monoisotopic (exact) mass is 390 g/mol. The van der Waals surface area contributed by atoms with Gasteiger partial charge in [0.15, 0.2) is 0 Å². The van der Waals surface area contributed by atoms with Crippen molar-refractivity contribution in [2.75, 3.05) is 0 Å². The molecule has 0 N–H and O–H groups in total. The minimum absolute atomic E-state index is 1.55. The summed E-state index contributed by atoms with van der Waals surface area (Å²) in [5, 5.41) is 0. The lowest BCUT2D eigenvalue weighted by Crippen LogP contribution is -2.53. The first-order valence-corrected chi connectivity index (χ1v) is 4.95. The van der Waals surface area contributed by atoms with Crippen LogP contribution < -0.4 is 0 Å². The molecule has 0 aromatic carbocycles. The Morgan fingerprint density at radius 2 is 1.00 bits per heavy atom. The molecule has 0 unspecified atom stereocenters. The molecule has 0 heterocycles. The molecule has 0 aromatic heterocycles. The Hall–Kier alpha value is -1.58. The van der Waals surface area contributed by atoms with Crippen LogP contribution in [0.15, 0.2) is 0 Å². The van der Waals surface area contributed by atoms with Gasteiger partial charge in [0.1, 0.15) is 0 Å². The van der Waals surface area contributed by atoms with Crippen LogP contribution in [0.3, 0.4) is 0 Å². The molecule has 0 saturated heterocycles. The first kappa shape index (κ1) is 22.4. The maximum absolute atomic E-state index is 12.8. The van der Waals surface area contributed by atoms with Crippen molar-refractivity contribution < 1.29 is 71.7 Å².